The molecule has 2 aromatic rings. The number of aromatic hydroxyl groups is 1. The molecule has 1 aliphatic heterocycles. The number of phenols is 1. The number of hydrogen-bond acceptors (Lipinski definition) is 5. The summed E-state index contributed by atoms with van der Waals surface area (Å²) in [5.74, 6) is 0.0861. The summed E-state index contributed by atoms with van der Waals surface area (Å²) in [6, 6.07) is 11.0. The first-order valence-electron chi connectivity index (χ1n) is 9.33. The van der Waals surface area contributed by atoms with Gasteiger partial charge in [0.05, 0.1) is 12.2 Å². The summed E-state index contributed by atoms with van der Waals surface area (Å²) in [5.41, 5.74) is 0.318. The van der Waals surface area contributed by atoms with E-state index >= 15 is 0 Å². The number of ether oxygens (including phenoxy) is 1. The first kappa shape index (κ1) is 19.6. The van der Waals surface area contributed by atoms with Crippen molar-refractivity contribution in [2.24, 2.45) is 11.8 Å². The number of methoxy groups -OCH3 is 1. The van der Waals surface area contributed by atoms with E-state index in [2.05, 4.69) is 4.90 Å². The Morgan fingerprint density at radius 1 is 1.22 bits per heavy atom. The van der Waals surface area contributed by atoms with Gasteiger partial charge in [0, 0.05) is 51.2 Å². The van der Waals surface area contributed by atoms with Gasteiger partial charge in [-0.1, -0.05) is 30.3 Å². The first-order valence-corrected chi connectivity index (χ1v) is 9.33. The Labute approximate surface area is 160 Å². The second-order valence-corrected chi connectivity index (χ2v) is 7.35. The number of aliphatic hydroxyl groups excluding tert-OH is 1. The Bertz CT molecular complexity index is 795. The predicted octanol–water partition coefficient (Wildman–Crippen LogP) is 1.80. The molecule has 0 aromatic heterocycles. The number of phenolic OH excluding ortho intramolecular Hbond substituents is 1. The molecule has 2 N–H and O–H groups in total. The van der Waals surface area contributed by atoms with Crippen molar-refractivity contribution in [2.75, 3.05) is 53.6 Å². The lowest BCUT2D eigenvalue weighted by molar-refractivity contribution is 0.0776. The molecule has 1 aliphatic rings. The quantitative estimate of drug-likeness (QED) is 0.775. The highest BCUT2D eigenvalue weighted by molar-refractivity contribution is 6.03. The smallest absolute Gasteiger partial charge is 0.257 e. The van der Waals surface area contributed by atoms with Crippen LogP contribution in [0.4, 0.5) is 0 Å². The minimum atomic E-state index is -0.182. The number of likely N-dealkylation sites (tertiary alicyclic amines) is 1. The number of benzene rings is 2. The minimum absolute atomic E-state index is 0.0271. The summed E-state index contributed by atoms with van der Waals surface area (Å²) < 4.78 is 5.11. The number of nitrogens with zero attached hydrogens (tertiary/aromatic N) is 2. The lowest BCUT2D eigenvalue weighted by Crippen LogP contribution is -2.33. The van der Waals surface area contributed by atoms with E-state index in [1.165, 1.54) is 0 Å². The number of amides is 1. The summed E-state index contributed by atoms with van der Waals surface area (Å²) in [6.45, 7) is 3.39. The maximum Gasteiger partial charge on any atom is 0.257 e. The van der Waals surface area contributed by atoms with Crippen molar-refractivity contribution in [1.29, 1.82) is 0 Å². The molecule has 1 saturated heterocycles. The lowest BCUT2D eigenvalue weighted by atomic mass is 9.96. The van der Waals surface area contributed by atoms with Gasteiger partial charge in [-0.2, -0.15) is 0 Å². The average molecular weight is 372 g/mol. The summed E-state index contributed by atoms with van der Waals surface area (Å²) in [7, 11) is 3.70. The Kier molecular flexibility index (Phi) is 6.31. The summed E-state index contributed by atoms with van der Waals surface area (Å²) in [4.78, 5) is 16.9. The summed E-state index contributed by atoms with van der Waals surface area (Å²) in [5, 5.41) is 21.9. The minimum Gasteiger partial charge on any atom is -0.506 e. The molecule has 2 unspecified atom stereocenters. The van der Waals surface area contributed by atoms with Gasteiger partial charge in [0.25, 0.3) is 5.91 Å². The molecule has 6 nitrogen and oxygen atoms in total. The topological polar surface area (TPSA) is 73.2 Å². The van der Waals surface area contributed by atoms with Gasteiger partial charge in [-0.15, -0.1) is 0 Å². The van der Waals surface area contributed by atoms with Gasteiger partial charge in [0.15, 0.2) is 0 Å². The van der Waals surface area contributed by atoms with E-state index in [9.17, 15) is 15.0 Å². The molecule has 2 atom stereocenters. The van der Waals surface area contributed by atoms with Crippen LogP contribution in [0.1, 0.15) is 10.4 Å². The van der Waals surface area contributed by atoms with E-state index < -0.39 is 0 Å². The number of carbonyl (C=O) groups excluding carboxylic acids is 1. The molecule has 1 fully saturated rings. The second-order valence-electron chi connectivity index (χ2n) is 7.35. The Balaban J connectivity index is 1.75. The normalized spacial score (nSPS) is 19.9. The Hall–Kier alpha value is -2.15. The molecule has 27 heavy (non-hydrogen) atoms. The summed E-state index contributed by atoms with van der Waals surface area (Å²) >= 11 is 0. The third-order valence-electron chi connectivity index (χ3n) is 5.45. The van der Waals surface area contributed by atoms with Crippen LogP contribution in [0, 0.1) is 11.8 Å². The molecule has 1 amide bonds. The van der Waals surface area contributed by atoms with Crippen LogP contribution in [0.5, 0.6) is 5.75 Å². The summed E-state index contributed by atoms with van der Waals surface area (Å²) in [6.07, 6.45) is 0. The van der Waals surface area contributed by atoms with Crippen molar-refractivity contribution in [3.63, 3.8) is 0 Å². The van der Waals surface area contributed by atoms with Crippen LogP contribution in [-0.4, -0.2) is 79.5 Å². The highest BCUT2D eigenvalue weighted by atomic mass is 16.5. The van der Waals surface area contributed by atoms with Crippen LogP contribution >= 0.6 is 0 Å². The van der Waals surface area contributed by atoms with Crippen molar-refractivity contribution in [3.8, 4) is 5.75 Å². The zero-order valence-corrected chi connectivity index (χ0v) is 16.0. The highest BCUT2D eigenvalue weighted by Crippen LogP contribution is 2.32. The van der Waals surface area contributed by atoms with Gasteiger partial charge in [-0.25, -0.2) is 0 Å². The van der Waals surface area contributed by atoms with E-state index in [0.717, 1.165) is 18.5 Å². The maximum absolute atomic E-state index is 13.0. The molecular formula is C21H28N2O4. The molecule has 0 saturated carbocycles. The van der Waals surface area contributed by atoms with Crippen molar-refractivity contribution < 1.29 is 19.7 Å². The second kappa shape index (κ2) is 8.69. The van der Waals surface area contributed by atoms with Gasteiger partial charge in [0.2, 0.25) is 0 Å². The van der Waals surface area contributed by atoms with Crippen molar-refractivity contribution in [2.45, 2.75) is 0 Å². The fourth-order valence-electron chi connectivity index (χ4n) is 3.86. The van der Waals surface area contributed by atoms with Gasteiger partial charge >= 0.3 is 0 Å². The fourth-order valence-corrected chi connectivity index (χ4v) is 3.86. The van der Waals surface area contributed by atoms with Crippen LogP contribution in [0.15, 0.2) is 36.4 Å². The molecule has 6 heteroatoms. The zero-order valence-electron chi connectivity index (χ0n) is 16.0. The molecule has 0 spiro atoms. The van der Waals surface area contributed by atoms with Crippen molar-refractivity contribution >= 4 is 16.7 Å². The molecule has 1 heterocycles. The van der Waals surface area contributed by atoms with E-state index in [4.69, 9.17) is 4.74 Å². The zero-order chi connectivity index (χ0) is 19.4. The molecule has 0 radical (unpaired) electrons. The van der Waals surface area contributed by atoms with Gasteiger partial charge in [-0.3, -0.25) is 4.79 Å². The molecule has 3 rings (SSSR count). The third-order valence-corrected chi connectivity index (χ3v) is 5.45. The van der Waals surface area contributed by atoms with E-state index in [1.54, 1.807) is 18.1 Å². The number of aliphatic hydroxyl groups is 1. The molecule has 0 aliphatic carbocycles. The molecule has 0 bridgehead atoms. The van der Waals surface area contributed by atoms with Gasteiger partial charge in [0.1, 0.15) is 5.75 Å². The number of fused-ring (bicyclic) bond motifs is 1. The van der Waals surface area contributed by atoms with Crippen LogP contribution in [-0.2, 0) is 4.74 Å². The highest BCUT2D eigenvalue weighted by Gasteiger charge is 2.36. The number of hydrogen-bond donors (Lipinski definition) is 2. The average Bonchev–Trinajstić information content (AvgIpc) is 3.09. The van der Waals surface area contributed by atoms with Crippen molar-refractivity contribution in [1.82, 2.24) is 9.80 Å². The number of likely N-dealkylation sites (N-methyl/N-ethyl adjacent to an activating group) is 1. The monoisotopic (exact) mass is 372 g/mol. The van der Waals surface area contributed by atoms with Crippen LogP contribution in [0.25, 0.3) is 10.8 Å². The van der Waals surface area contributed by atoms with E-state index in [1.807, 2.05) is 37.4 Å². The fraction of sp³-hybridized carbons (Fsp3) is 0.476. The van der Waals surface area contributed by atoms with Crippen LogP contribution < -0.4 is 0 Å². The van der Waals surface area contributed by atoms with Crippen LogP contribution in [0.3, 0.4) is 0 Å². The number of rotatable bonds is 7. The van der Waals surface area contributed by atoms with E-state index in [0.29, 0.717) is 30.6 Å². The lowest BCUT2D eigenvalue weighted by Gasteiger charge is -2.23. The third kappa shape index (κ3) is 4.24. The SMILES string of the molecule is COCCN(C)CC1CN(C(=O)c2ccc3ccccc3c2O)CC1CO. The Morgan fingerprint density at radius 2 is 1.96 bits per heavy atom. The van der Waals surface area contributed by atoms with E-state index in [-0.39, 0.29) is 30.1 Å². The largest absolute Gasteiger partial charge is 0.506 e. The first-order chi connectivity index (χ1) is 13.0. The van der Waals surface area contributed by atoms with Gasteiger partial charge in [-0.05, 0) is 24.4 Å². The van der Waals surface area contributed by atoms with Crippen LogP contribution in [0.2, 0.25) is 0 Å². The van der Waals surface area contributed by atoms with Crippen molar-refractivity contribution in [3.05, 3.63) is 42.0 Å². The predicted molar refractivity (Wildman–Crippen MR) is 105 cm³/mol. The van der Waals surface area contributed by atoms with Gasteiger partial charge < -0.3 is 24.7 Å². The number of carbonyl (C=O) groups is 1. The maximum atomic E-state index is 13.0. The molecule has 2 aromatic carbocycles. The molecule has 146 valence electrons. The standard InChI is InChI=1S/C21H28N2O4/c1-22(9-10-27-2)11-16-12-23(13-17(16)14-24)21(26)19-8-7-15-5-3-4-6-18(15)20(19)25/h3-8,16-17,24-25H,9-14H2,1-2H3. The molecular weight excluding hydrogens is 344 g/mol. The Morgan fingerprint density at radius 3 is 2.70 bits per heavy atom.